The van der Waals surface area contributed by atoms with E-state index in [1.807, 2.05) is 0 Å². The van der Waals surface area contributed by atoms with E-state index in [-0.39, 0.29) is 5.83 Å². The molecule has 0 atom stereocenters. The summed E-state index contributed by atoms with van der Waals surface area (Å²) in [6, 6.07) is 0. The van der Waals surface area contributed by atoms with Gasteiger partial charge in [0.15, 0.2) is 0 Å². The lowest BCUT2D eigenvalue weighted by molar-refractivity contribution is 0.632. The molecular weight excluding hydrogens is 127 g/mol. The van der Waals surface area contributed by atoms with E-state index in [1.54, 1.807) is 6.08 Å². The zero-order valence-corrected chi connectivity index (χ0v) is 6.78. The van der Waals surface area contributed by atoms with Crippen molar-refractivity contribution in [1.82, 2.24) is 0 Å². The Balaban J connectivity index is 3.37. The summed E-state index contributed by atoms with van der Waals surface area (Å²) in [4.78, 5) is 0. The minimum atomic E-state index is -0.0936. The highest BCUT2D eigenvalue weighted by molar-refractivity contribution is 4.96. The van der Waals surface area contributed by atoms with Crippen molar-refractivity contribution in [2.45, 2.75) is 33.1 Å². The first-order valence-corrected chi connectivity index (χ1v) is 3.65. The van der Waals surface area contributed by atoms with Gasteiger partial charge in [0.2, 0.25) is 0 Å². The first-order chi connectivity index (χ1) is 4.66. The van der Waals surface area contributed by atoms with E-state index in [1.165, 1.54) is 12.5 Å². The zero-order chi connectivity index (χ0) is 7.98. The van der Waals surface area contributed by atoms with Gasteiger partial charge in [-0.15, -0.1) is 0 Å². The van der Waals surface area contributed by atoms with Gasteiger partial charge >= 0.3 is 0 Å². The predicted octanol–water partition coefficient (Wildman–Crippen LogP) is 3.61. The van der Waals surface area contributed by atoms with Gasteiger partial charge in [-0.05, 0) is 26.2 Å². The Bertz CT molecular complexity index is 130. The maximum absolute atomic E-state index is 12.1. The second-order valence-electron chi connectivity index (χ2n) is 2.43. The van der Waals surface area contributed by atoms with Crippen LogP contribution >= 0.6 is 0 Å². The monoisotopic (exact) mass is 142 g/mol. The van der Waals surface area contributed by atoms with Crippen molar-refractivity contribution in [3.8, 4) is 0 Å². The number of allylic oxidation sites excluding steroid dienone is 3. The smallest absolute Gasteiger partial charge is 0.0929 e. The van der Waals surface area contributed by atoms with E-state index in [2.05, 4.69) is 13.5 Å². The lowest BCUT2D eigenvalue weighted by atomic mass is 10.1. The van der Waals surface area contributed by atoms with E-state index in [4.69, 9.17) is 0 Å². The van der Waals surface area contributed by atoms with Crippen LogP contribution in [0.2, 0.25) is 0 Å². The summed E-state index contributed by atoms with van der Waals surface area (Å²) in [5.74, 6) is -0.0936. The quantitative estimate of drug-likeness (QED) is 0.526. The van der Waals surface area contributed by atoms with Gasteiger partial charge in [-0.1, -0.05) is 25.2 Å². The molecule has 0 radical (unpaired) electrons. The number of rotatable bonds is 4. The molecule has 0 aromatic heterocycles. The van der Waals surface area contributed by atoms with Gasteiger partial charge in [0.1, 0.15) is 0 Å². The van der Waals surface area contributed by atoms with Gasteiger partial charge in [0.05, 0.1) is 5.83 Å². The van der Waals surface area contributed by atoms with Crippen molar-refractivity contribution in [2.75, 3.05) is 0 Å². The van der Waals surface area contributed by atoms with Crippen molar-refractivity contribution >= 4 is 0 Å². The highest BCUT2D eigenvalue weighted by Crippen LogP contribution is 2.08. The number of halogens is 1. The molecule has 0 amide bonds. The molecular formula is C9H15F. The molecule has 0 aliphatic rings. The van der Waals surface area contributed by atoms with Crippen molar-refractivity contribution in [3.63, 3.8) is 0 Å². The summed E-state index contributed by atoms with van der Waals surface area (Å²) in [5, 5.41) is 0. The highest BCUT2D eigenvalue weighted by Gasteiger charge is 1.88. The summed E-state index contributed by atoms with van der Waals surface area (Å²) in [6.45, 7) is 7.35. The molecule has 0 nitrogen and oxygen atoms in total. The van der Waals surface area contributed by atoms with Crippen molar-refractivity contribution in [1.29, 1.82) is 0 Å². The van der Waals surface area contributed by atoms with Crippen molar-refractivity contribution in [3.05, 3.63) is 24.1 Å². The third-order valence-corrected chi connectivity index (χ3v) is 1.42. The maximum Gasteiger partial charge on any atom is 0.0929 e. The molecule has 0 fully saturated rings. The van der Waals surface area contributed by atoms with Crippen LogP contribution in [0.15, 0.2) is 24.1 Å². The van der Waals surface area contributed by atoms with Crippen LogP contribution in [-0.4, -0.2) is 0 Å². The first kappa shape index (κ1) is 9.41. The lowest BCUT2D eigenvalue weighted by Crippen LogP contribution is -1.76. The molecule has 1 heteroatoms. The molecule has 10 heavy (non-hydrogen) atoms. The Morgan fingerprint density at radius 1 is 1.60 bits per heavy atom. The van der Waals surface area contributed by atoms with E-state index in [0.717, 1.165) is 19.3 Å². The third kappa shape index (κ3) is 5.54. The molecule has 0 unspecified atom stereocenters. The Hall–Kier alpha value is -0.590. The Labute approximate surface area is 62.4 Å². The molecule has 0 aromatic rings. The standard InChI is InChI=1S/C9H15F/c1-4-8(2)6-5-7-9(3)10/h7H,2,4-6H2,1,3H3/b9-7+. The van der Waals surface area contributed by atoms with Crippen LogP contribution < -0.4 is 0 Å². The second-order valence-corrected chi connectivity index (χ2v) is 2.43. The second kappa shape index (κ2) is 5.21. The van der Waals surface area contributed by atoms with Gasteiger partial charge in [-0.25, -0.2) is 4.39 Å². The summed E-state index contributed by atoms with van der Waals surface area (Å²) in [7, 11) is 0. The van der Waals surface area contributed by atoms with E-state index in [9.17, 15) is 4.39 Å². The van der Waals surface area contributed by atoms with Gasteiger partial charge in [-0.3, -0.25) is 0 Å². The fourth-order valence-electron chi connectivity index (χ4n) is 0.652. The van der Waals surface area contributed by atoms with Crippen LogP contribution in [0.3, 0.4) is 0 Å². The molecule has 0 N–H and O–H groups in total. The molecule has 0 rings (SSSR count). The fraction of sp³-hybridized carbons (Fsp3) is 0.556. The van der Waals surface area contributed by atoms with Crippen LogP contribution in [-0.2, 0) is 0 Å². The summed E-state index contributed by atoms with van der Waals surface area (Å²) in [6.07, 6.45) is 4.30. The van der Waals surface area contributed by atoms with Crippen molar-refractivity contribution < 1.29 is 4.39 Å². The number of hydrogen-bond donors (Lipinski definition) is 0. The first-order valence-electron chi connectivity index (χ1n) is 3.65. The van der Waals surface area contributed by atoms with E-state index < -0.39 is 0 Å². The van der Waals surface area contributed by atoms with Crippen LogP contribution in [0.25, 0.3) is 0 Å². The topological polar surface area (TPSA) is 0 Å². The Morgan fingerprint density at radius 3 is 2.60 bits per heavy atom. The van der Waals surface area contributed by atoms with Gasteiger partial charge in [0, 0.05) is 0 Å². The number of hydrogen-bond acceptors (Lipinski definition) is 0. The third-order valence-electron chi connectivity index (χ3n) is 1.42. The lowest BCUT2D eigenvalue weighted by Gasteiger charge is -1.96. The minimum Gasteiger partial charge on any atom is -0.212 e. The summed E-state index contributed by atoms with van der Waals surface area (Å²) >= 11 is 0. The Kier molecular flexibility index (Phi) is 4.91. The molecule has 58 valence electrons. The summed E-state index contributed by atoms with van der Waals surface area (Å²) in [5.41, 5.74) is 1.19. The minimum absolute atomic E-state index is 0.0936. The molecule has 0 spiro atoms. The SMILES string of the molecule is C=C(CC)CC/C=C(\C)F. The molecule has 0 aliphatic carbocycles. The van der Waals surface area contributed by atoms with E-state index >= 15 is 0 Å². The maximum atomic E-state index is 12.1. The average Bonchev–Trinajstić information content (AvgIpc) is 1.87. The highest BCUT2D eigenvalue weighted by atomic mass is 19.1. The molecule has 0 aliphatic heterocycles. The largest absolute Gasteiger partial charge is 0.212 e. The molecule has 0 aromatic carbocycles. The average molecular weight is 142 g/mol. The van der Waals surface area contributed by atoms with Crippen LogP contribution in [0.1, 0.15) is 33.1 Å². The summed E-state index contributed by atoms with van der Waals surface area (Å²) < 4.78 is 12.1. The predicted molar refractivity (Wildman–Crippen MR) is 43.5 cm³/mol. The van der Waals surface area contributed by atoms with E-state index in [0.29, 0.717) is 0 Å². The molecule has 0 heterocycles. The molecule has 0 bridgehead atoms. The normalized spacial score (nSPS) is 11.7. The van der Waals surface area contributed by atoms with Gasteiger partial charge in [0.25, 0.3) is 0 Å². The van der Waals surface area contributed by atoms with Crippen LogP contribution in [0.5, 0.6) is 0 Å². The van der Waals surface area contributed by atoms with Crippen LogP contribution in [0.4, 0.5) is 4.39 Å². The van der Waals surface area contributed by atoms with Gasteiger partial charge in [-0.2, -0.15) is 0 Å². The zero-order valence-electron chi connectivity index (χ0n) is 6.78. The van der Waals surface area contributed by atoms with Gasteiger partial charge < -0.3 is 0 Å². The fourth-order valence-corrected chi connectivity index (χ4v) is 0.652. The van der Waals surface area contributed by atoms with Crippen molar-refractivity contribution in [2.24, 2.45) is 0 Å². The molecule has 0 saturated heterocycles. The Morgan fingerprint density at radius 2 is 2.20 bits per heavy atom. The molecule has 0 saturated carbocycles. The van der Waals surface area contributed by atoms with Crippen LogP contribution in [0, 0.1) is 0 Å².